The Bertz CT molecular complexity index is 225. The maximum atomic E-state index is 5.64. The number of nitrogens with zero attached hydrogens (tertiary/aromatic N) is 1. The first-order valence-corrected chi connectivity index (χ1v) is 3.65. The number of anilines is 1. The molecule has 0 aliphatic heterocycles. The fourth-order valence-corrected chi connectivity index (χ4v) is 1.08. The van der Waals surface area contributed by atoms with Crippen molar-refractivity contribution in [2.45, 2.75) is 13.3 Å². The van der Waals surface area contributed by atoms with Crippen molar-refractivity contribution in [3.05, 3.63) is 23.4 Å². The molecule has 1 aromatic rings. The molecular weight excluding hydrogens is 138 g/mol. The molecular formula is C8H13N3. The van der Waals surface area contributed by atoms with Gasteiger partial charge in [-0.1, -0.05) is 0 Å². The zero-order valence-corrected chi connectivity index (χ0v) is 6.67. The summed E-state index contributed by atoms with van der Waals surface area (Å²) in [6, 6.07) is 1.95. The Morgan fingerprint density at radius 2 is 2.27 bits per heavy atom. The van der Waals surface area contributed by atoms with E-state index in [9.17, 15) is 0 Å². The van der Waals surface area contributed by atoms with Gasteiger partial charge in [-0.05, 0) is 37.1 Å². The highest BCUT2D eigenvalue weighted by molar-refractivity contribution is 5.43. The van der Waals surface area contributed by atoms with Crippen molar-refractivity contribution in [2.75, 3.05) is 12.3 Å². The molecule has 11 heavy (non-hydrogen) atoms. The number of rotatable bonds is 2. The van der Waals surface area contributed by atoms with Gasteiger partial charge in [0.05, 0.1) is 0 Å². The largest absolute Gasteiger partial charge is 0.383 e. The zero-order chi connectivity index (χ0) is 8.27. The average molecular weight is 151 g/mol. The quantitative estimate of drug-likeness (QED) is 0.646. The molecule has 0 saturated carbocycles. The first-order valence-electron chi connectivity index (χ1n) is 3.65. The molecule has 0 aliphatic rings. The topological polar surface area (TPSA) is 64.9 Å². The number of hydrogen-bond acceptors (Lipinski definition) is 3. The summed E-state index contributed by atoms with van der Waals surface area (Å²) in [5, 5.41) is 0. The third-order valence-electron chi connectivity index (χ3n) is 1.72. The van der Waals surface area contributed by atoms with Crippen molar-refractivity contribution >= 4 is 5.82 Å². The van der Waals surface area contributed by atoms with Crippen molar-refractivity contribution in [2.24, 2.45) is 5.73 Å². The molecule has 4 N–H and O–H groups in total. The second-order valence-corrected chi connectivity index (χ2v) is 2.53. The minimum absolute atomic E-state index is 0.607. The first-order chi connectivity index (χ1) is 5.25. The Labute approximate surface area is 66.4 Å². The van der Waals surface area contributed by atoms with E-state index in [1.54, 1.807) is 6.20 Å². The summed E-state index contributed by atoms with van der Waals surface area (Å²) >= 11 is 0. The number of aromatic nitrogens is 1. The van der Waals surface area contributed by atoms with Crippen LogP contribution in [0.25, 0.3) is 0 Å². The van der Waals surface area contributed by atoms with Crippen LogP contribution in [-0.2, 0) is 6.42 Å². The number of pyridine rings is 1. The van der Waals surface area contributed by atoms with Gasteiger partial charge in [0.2, 0.25) is 0 Å². The Morgan fingerprint density at radius 1 is 1.55 bits per heavy atom. The summed E-state index contributed by atoms with van der Waals surface area (Å²) in [5.74, 6) is 0.607. The predicted molar refractivity (Wildman–Crippen MR) is 46.1 cm³/mol. The SMILES string of the molecule is Cc1ccnc(N)c1CCN. The molecule has 0 atom stereocenters. The third-order valence-corrected chi connectivity index (χ3v) is 1.72. The van der Waals surface area contributed by atoms with Crippen LogP contribution >= 0.6 is 0 Å². The Balaban J connectivity index is 3.00. The molecule has 0 radical (unpaired) electrons. The van der Waals surface area contributed by atoms with Crippen LogP contribution in [0.5, 0.6) is 0 Å². The molecule has 0 spiro atoms. The van der Waals surface area contributed by atoms with Crippen LogP contribution in [-0.4, -0.2) is 11.5 Å². The highest BCUT2D eigenvalue weighted by Crippen LogP contribution is 2.12. The molecule has 0 saturated heterocycles. The molecule has 3 nitrogen and oxygen atoms in total. The molecule has 0 bridgehead atoms. The van der Waals surface area contributed by atoms with Gasteiger partial charge in [0.1, 0.15) is 5.82 Å². The van der Waals surface area contributed by atoms with Gasteiger partial charge in [0, 0.05) is 6.20 Å². The lowest BCUT2D eigenvalue weighted by atomic mass is 10.1. The molecule has 1 rings (SSSR count). The molecule has 0 fully saturated rings. The van der Waals surface area contributed by atoms with E-state index in [0.717, 1.165) is 12.0 Å². The van der Waals surface area contributed by atoms with E-state index in [2.05, 4.69) is 4.98 Å². The predicted octanol–water partition coefficient (Wildman–Crippen LogP) is 0.473. The summed E-state index contributed by atoms with van der Waals surface area (Å²) in [7, 11) is 0. The summed E-state index contributed by atoms with van der Waals surface area (Å²) in [6.07, 6.45) is 2.52. The molecule has 0 aromatic carbocycles. The van der Waals surface area contributed by atoms with Gasteiger partial charge in [-0.15, -0.1) is 0 Å². The average Bonchev–Trinajstić information content (AvgIpc) is 1.97. The minimum atomic E-state index is 0.607. The second-order valence-electron chi connectivity index (χ2n) is 2.53. The van der Waals surface area contributed by atoms with E-state index in [0.29, 0.717) is 12.4 Å². The van der Waals surface area contributed by atoms with Crippen molar-refractivity contribution in [3.63, 3.8) is 0 Å². The molecule has 1 heterocycles. The maximum Gasteiger partial charge on any atom is 0.126 e. The molecule has 3 heteroatoms. The van der Waals surface area contributed by atoms with Crippen LogP contribution in [0.1, 0.15) is 11.1 Å². The number of hydrogen-bond donors (Lipinski definition) is 2. The highest BCUT2D eigenvalue weighted by atomic mass is 14.8. The second kappa shape index (κ2) is 3.34. The van der Waals surface area contributed by atoms with E-state index in [1.165, 1.54) is 5.56 Å². The van der Waals surface area contributed by atoms with Gasteiger partial charge in [0.15, 0.2) is 0 Å². The standard InChI is InChI=1S/C8H13N3/c1-6-3-5-11-8(10)7(6)2-4-9/h3,5H,2,4,9H2,1H3,(H2,10,11). The van der Waals surface area contributed by atoms with Gasteiger partial charge < -0.3 is 11.5 Å². The molecule has 0 amide bonds. The summed E-state index contributed by atoms with van der Waals surface area (Å²) in [5.41, 5.74) is 13.3. The van der Waals surface area contributed by atoms with E-state index in [4.69, 9.17) is 11.5 Å². The van der Waals surface area contributed by atoms with Crippen LogP contribution in [0.3, 0.4) is 0 Å². The first kappa shape index (κ1) is 8.01. The lowest BCUT2D eigenvalue weighted by Gasteiger charge is -2.05. The fraction of sp³-hybridized carbons (Fsp3) is 0.375. The van der Waals surface area contributed by atoms with Crippen LogP contribution in [0, 0.1) is 6.92 Å². The Morgan fingerprint density at radius 3 is 2.82 bits per heavy atom. The highest BCUT2D eigenvalue weighted by Gasteiger charge is 2.01. The minimum Gasteiger partial charge on any atom is -0.383 e. The third kappa shape index (κ3) is 1.68. The molecule has 0 aliphatic carbocycles. The zero-order valence-electron chi connectivity index (χ0n) is 6.67. The monoisotopic (exact) mass is 151 g/mol. The van der Waals surface area contributed by atoms with Gasteiger partial charge in [-0.3, -0.25) is 0 Å². The van der Waals surface area contributed by atoms with Crippen LogP contribution in [0.4, 0.5) is 5.82 Å². The smallest absolute Gasteiger partial charge is 0.126 e. The lowest BCUT2D eigenvalue weighted by molar-refractivity contribution is 0.951. The van der Waals surface area contributed by atoms with Gasteiger partial charge in [-0.2, -0.15) is 0 Å². The van der Waals surface area contributed by atoms with Gasteiger partial charge in [0.25, 0.3) is 0 Å². The van der Waals surface area contributed by atoms with Crippen molar-refractivity contribution in [1.29, 1.82) is 0 Å². The molecule has 0 unspecified atom stereocenters. The van der Waals surface area contributed by atoms with E-state index < -0.39 is 0 Å². The normalized spacial score (nSPS) is 10.0. The summed E-state index contributed by atoms with van der Waals surface area (Å²) in [4.78, 5) is 3.98. The lowest BCUT2D eigenvalue weighted by Crippen LogP contribution is -2.07. The van der Waals surface area contributed by atoms with Crippen molar-refractivity contribution in [1.82, 2.24) is 4.98 Å². The summed E-state index contributed by atoms with van der Waals surface area (Å²) < 4.78 is 0. The maximum absolute atomic E-state index is 5.64. The van der Waals surface area contributed by atoms with Gasteiger partial charge in [-0.25, -0.2) is 4.98 Å². The van der Waals surface area contributed by atoms with Gasteiger partial charge >= 0.3 is 0 Å². The molecule has 60 valence electrons. The van der Waals surface area contributed by atoms with Crippen molar-refractivity contribution < 1.29 is 0 Å². The van der Waals surface area contributed by atoms with E-state index in [-0.39, 0.29) is 0 Å². The van der Waals surface area contributed by atoms with E-state index in [1.807, 2.05) is 13.0 Å². The Hall–Kier alpha value is -1.09. The number of nitrogen functional groups attached to an aromatic ring is 1. The van der Waals surface area contributed by atoms with Crippen LogP contribution < -0.4 is 11.5 Å². The fourth-order valence-electron chi connectivity index (χ4n) is 1.08. The Kier molecular flexibility index (Phi) is 2.44. The number of aryl methyl sites for hydroxylation is 1. The molecule has 1 aromatic heterocycles. The van der Waals surface area contributed by atoms with Crippen LogP contribution in [0.2, 0.25) is 0 Å². The summed E-state index contributed by atoms with van der Waals surface area (Å²) in [6.45, 7) is 2.64. The van der Waals surface area contributed by atoms with Crippen molar-refractivity contribution in [3.8, 4) is 0 Å². The number of nitrogens with two attached hydrogens (primary N) is 2. The van der Waals surface area contributed by atoms with Crippen LogP contribution in [0.15, 0.2) is 12.3 Å². The van der Waals surface area contributed by atoms with E-state index >= 15 is 0 Å².